The highest BCUT2D eigenvalue weighted by molar-refractivity contribution is 5.95. The van der Waals surface area contributed by atoms with Gasteiger partial charge in [0.15, 0.2) is 0 Å². The van der Waals surface area contributed by atoms with E-state index in [1.54, 1.807) is 26.1 Å². The first-order chi connectivity index (χ1) is 10.9. The molecule has 8 heteroatoms. The van der Waals surface area contributed by atoms with E-state index >= 15 is 0 Å². The minimum absolute atomic E-state index is 0.0868. The Balaban J connectivity index is 2.75. The van der Waals surface area contributed by atoms with Crippen LogP contribution in [-0.4, -0.2) is 27.8 Å². The molecule has 1 aromatic heterocycles. The number of nitriles is 1. The molecule has 0 fully saturated rings. The molecule has 120 valence electrons. The highest BCUT2D eigenvalue weighted by Gasteiger charge is 2.41. The normalized spacial score (nSPS) is 13.3. The van der Waals surface area contributed by atoms with Gasteiger partial charge in [-0.25, -0.2) is 0 Å². The van der Waals surface area contributed by atoms with E-state index in [-0.39, 0.29) is 18.5 Å². The van der Waals surface area contributed by atoms with Crippen molar-refractivity contribution in [2.45, 2.75) is 25.2 Å². The number of rotatable bonds is 5. The third kappa shape index (κ3) is 2.61. The van der Waals surface area contributed by atoms with Gasteiger partial charge >= 0.3 is 5.97 Å². The number of fused-ring (bicyclic) bond motifs is 1. The molecular weight excluding hydrogens is 300 g/mol. The summed E-state index contributed by atoms with van der Waals surface area (Å²) in [6, 6.07) is 6.62. The lowest BCUT2D eigenvalue weighted by Gasteiger charge is -2.24. The SMILES string of the molecule is COC(=O)C(C)(CCC#N)c1nn(C)c2c([N+](=O)[O-])cccc12. The van der Waals surface area contributed by atoms with Crippen molar-refractivity contribution in [3.05, 3.63) is 34.0 Å². The number of para-hydroxylation sites is 1. The second-order valence-electron chi connectivity index (χ2n) is 5.38. The van der Waals surface area contributed by atoms with E-state index in [1.807, 2.05) is 6.07 Å². The first kappa shape index (κ1) is 16.4. The number of benzene rings is 1. The van der Waals surface area contributed by atoms with Crippen molar-refractivity contribution in [2.75, 3.05) is 7.11 Å². The van der Waals surface area contributed by atoms with Crippen LogP contribution in [0.2, 0.25) is 0 Å². The summed E-state index contributed by atoms with van der Waals surface area (Å²) in [5.74, 6) is -0.528. The quantitative estimate of drug-likeness (QED) is 0.475. The number of ether oxygens (including phenoxy) is 1. The fourth-order valence-corrected chi connectivity index (χ4v) is 2.72. The Kier molecular flexibility index (Phi) is 4.31. The molecular formula is C15H16N4O4. The molecule has 1 unspecified atom stereocenters. The number of hydrogen-bond donors (Lipinski definition) is 0. The lowest BCUT2D eigenvalue weighted by Crippen LogP contribution is -2.34. The maximum atomic E-state index is 12.3. The zero-order chi connectivity index (χ0) is 17.2. The van der Waals surface area contributed by atoms with Crippen molar-refractivity contribution in [2.24, 2.45) is 7.05 Å². The second-order valence-corrected chi connectivity index (χ2v) is 5.38. The number of aryl methyl sites for hydroxylation is 1. The Labute approximate surface area is 132 Å². The van der Waals surface area contributed by atoms with Gasteiger partial charge in [-0.15, -0.1) is 0 Å². The van der Waals surface area contributed by atoms with E-state index in [1.165, 1.54) is 17.9 Å². The van der Waals surface area contributed by atoms with Gasteiger partial charge in [0.1, 0.15) is 10.9 Å². The minimum atomic E-state index is -1.15. The molecule has 0 aliphatic carbocycles. The monoisotopic (exact) mass is 316 g/mol. The maximum absolute atomic E-state index is 12.3. The van der Waals surface area contributed by atoms with E-state index in [0.29, 0.717) is 16.6 Å². The number of carbonyl (C=O) groups is 1. The number of carbonyl (C=O) groups excluding carboxylic acids is 1. The standard InChI is InChI=1S/C15H16N4O4/c1-15(8-5-9-16,14(20)23-3)13-10-6-4-7-11(19(21)22)12(10)18(2)17-13/h4,6-7H,5,8H2,1-3H3. The van der Waals surface area contributed by atoms with Gasteiger partial charge in [-0.2, -0.15) is 10.4 Å². The number of methoxy groups -OCH3 is 1. The van der Waals surface area contributed by atoms with Crippen LogP contribution in [0.3, 0.4) is 0 Å². The molecule has 1 heterocycles. The average Bonchev–Trinajstić information content (AvgIpc) is 2.89. The fraction of sp³-hybridized carbons (Fsp3) is 0.400. The summed E-state index contributed by atoms with van der Waals surface area (Å²) in [5.41, 5.74) is -0.532. The van der Waals surface area contributed by atoms with Crippen LogP contribution in [0, 0.1) is 21.4 Å². The van der Waals surface area contributed by atoms with Crippen LogP contribution in [-0.2, 0) is 22.0 Å². The molecule has 2 rings (SSSR count). The number of aromatic nitrogens is 2. The predicted molar refractivity (Wildman–Crippen MR) is 81.6 cm³/mol. The summed E-state index contributed by atoms with van der Waals surface area (Å²) in [5, 5.41) is 24.9. The van der Waals surface area contributed by atoms with Crippen molar-refractivity contribution >= 4 is 22.6 Å². The molecule has 23 heavy (non-hydrogen) atoms. The van der Waals surface area contributed by atoms with Crippen molar-refractivity contribution in [3.8, 4) is 6.07 Å². The van der Waals surface area contributed by atoms with Crippen molar-refractivity contribution in [1.29, 1.82) is 5.26 Å². The summed E-state index contributed by atoms with van der Waals surface area (Å²) in [6.07, 6.45) is 0.351. The maximum Gasteiger partial charge on any atom is 0.317 e. The number of nitrogens with zero attached hydrogens (tertiary/aromatic N) is 4. The Morgan fingerprint density at radius 2 is 2.26 bits per heavy atom. The molecule has 1 aromatic carbocycles. The van der Waals surface area contributed by atoms with E-state index in [9.17, 15) is 14.9 Å². The van der Waals surface area contributed by atoms with E-state index in [0.717, 1.165) is 0 Å². The second kappa shape index (κ2) is 6.04. The third-order valence-corrected chi connectivity index (χ3v) is 3.94. The molecule has 0 aliphatic rings. The average molecular weight is 316 g/mol. The predicted octanol–water partition coefficient (Wildman–Crippen LogP) is 2.22. The summed E-state index contributed by atoms with van der Waals surface area (Å²) < 4.78 is 6.26. The minimum Gasteiger partial charge on any atom is -0.468 e. The number of nitro benzene ring substituents is 1. The third-order valence-electron chi connectivity index (χ3n) is 3.94. The number of esters is 1. The zero-order valence-corrected chi connectivity index (χ0v) is 13.1. The number of hydrogen-bond acceptors (Lipinski definition) is 6. The van der Waals surface area contributed by atoms with E-state index < -0.39 is 16.3 Å². The van der Waals surface area contributed by atoms with Crippen molar-refractivity contribution < 1.29 is 14.5 Å². The van der Waals surface area contributed by atoms with Gasteiger partial charge in [0.2, 0.25) is 0 Å². The zero-order valence-electron chi connectivity index (χ0n) is 13.1. The first-order valence-corrected chi connectivity index (χ1v) is 6.92. The molecule has 0 spiro atoms. The van der Waals surface area contributed by atoms with Crippen LogP contribution in [0.4, 0.5) is 5.69 Å². The first-order valence-electron chi connectivity index (χ1n) is 6.92. The fourth-order valence-electron chi connectivity index (χ4n) is 2.72. The lowest BCUT2D eigenvalue weighted by molar-refractivity contribution is -0.383. The molecule has 0 saturated carbocycles. The molecule has 0 saturated heterocycles. The molecule has 1 atom stereocenters. The Hall–Kier alpha value is -2.95. The number of nitro groups is 1. The van der Waals surface area contributed by atoms with Gasteiger partial charge in [0, 0.05) is 24.9 Å². The summed E-state index contributed by atoms with van der Waals surface area (Å²) in [6.45, 7) is 1.64. The molecule has 0 amide bonds. The van der Waals surface area contributed by atoms with E-state index in [4.69, 9.17) is 10.00 Å². The van der Waals surface area contributed by atoms with Crippen molar-refractivity contribution in [1.82, 2.24) is 9.78 Å². The Morgan fingerprint density at radius 1 is 1.57 bits per heavy atom. The molecule has 0 bridgehead atoms. The smallest absolute Gasteiger partial charge is 0.317 e. The van der Waals surface area contributed by atoms with Crippen LogP contribution in [0.5, 0.6) is 0 Å². The van der Waals surface area contributed by atoms with Gasteiger partial charge in [0.05, 0.1) is 23.8 Å². The highest BCUT2D eigenvalue weighted by atomic mass is 16.6. The van der Waals surface area contributed by atoms with Crippen LogP contribution >= 0.6 is 0 Å². The summed E-state index contributed by atoms with van der Waals surface area (Å²) in [7, 11) is 2.85. The molecule has 0 aliphatic heterocycles. The van der Waals surface area contributed by atoms with Gasteiger partial charge < -0.3 is 4.74 Å². The Bertz CT molecular complexity index is 821. The summed E-state index contributed by atoms with van der Waals surface area (Å²) >= 11 is 0. The van der Waals surface area contributed by atoms with Gasteiger partial charge in [-0.1, -0.05) is 12.1 Å². The van der Waals surface area contributed by atoms with Crippen LogP contribution in [0.15, 0.2) is 18.2 Å². The highest BCUT2D eigenvalue weighted by Crippen LogP contribution is 2.37. The van der Waals surface area contributed by atoms with E-state index in [2.05, 4.69) is 5.10 Å². The molecule has 8 nitrogen and oxygen atoms in total. The van der Waals surface area contributed by atoms with Gasteiger partial charge in [0.25, 0.3) is 5.69 Å². The van der Waals surface area contributed by atoms with Crippen LogP contribution in [0.25, 0.3) is 10.9 Å². The summed E-state index contributed by atoms with van der Waals surface area (Å²) in [4.78, 5) is 23.0. The lowest BCUT2D eigenvalue weighted by atomic mass is 9.80. The molecule has 0 radical (unpaired) electrons. The number of non-ortho nitro benzene ring substituents is 1. The van der Waals surface area contributed by atoms with Crippen molar-refractivity contribution in [3.63, 3.8) is 0 Å². The van der Waals surface area contributed by atoms with Gasteiger partial charge in [-0.05, 0) is 13.3 Å². The van der Waals surface area contributed by atoms with Gasteiger partial charge in [-0.3, -0.25) is 19.6 Å². The van der Waals surface area contributed by atoms with Crippen LogP contribution in [0.1, 0.15) is 25.5 Å². The van der Waals surface area contributed by atoms with Crippen LogP contribution < -0.4 is 0 Å². The molecule has 0 N–H and O–H groups in total. The molecule has 2 aromatic rings. The Morgan fingerprint density at radius 3 is 2.83 bits per heavy atom. The topological polar surface area (TPSA) is 111 Å². The largest absolute Gasteiger partial charge is 0.468 e.